The zero-order valence-electron chi connectivity index (χ0n) is 16.0. The van der Waals surface area contributed by atoms with Crippen LogP contribution in [0.2, 0.25) is 0 Å². The minimum absolute atomic E-state index is 0.00817. The number of carbonyl (C=O) groups excluding carboxylic acids is 2. The van der Waals surface area contributed by atoms with Crippen molar-refractivity contribution in [3.8, 4) is 0 Å². The molecule has 6 nitrogen and oxygen atoms in total. The Hall–Kier alpha value is -3.95. The molecule has 0 saturated heterocycles. The third-order valence-electron chi connectivity index (χ3n) is 4.28. The summed E-state index contributed by atoms with van der Waals surface area (Å²) in [6.07, 6.45) is -3.74. The van der Waals surface area contributed by atoms with E-state index in [-0.39, 0.29) is 34.0 Å². The van der Waals surface area contributed by atoms with Crippen LogP contribution in [0.5, 0.6) is 0 Å². The van der Waals surface area contributed by atoms with Crippen LogP contribution in [0.4, 0.5) is 40.4 Å². The SMILES string of the molecule is CNC(=O)c1ccccc1Nc1cc(Nc2ccc(C=O)c(F)c2)ncc1C(F)(F)F. The summed E-state index contributed by atoms with van der Waals surface area (Å²) in [6.45, 7) is 0. The van der Waals surface area contributed by atoms with Crippen LogP contribution < -0.4 is 16.0 Å². The number of para-hydroxylation sites is 1. The summed E-state index contributed by atoms with van der Waals surface area (Å²) in [5.74, 6) is -1.27. The van der Waals surface area contributed by atoms with Crippen LogP contribution in [0, 0.1) is 5.82 Å². The van der Waals surface area contributed by atoms with Crippen LogP contribution in [0.1, 0.15) is 26.3 Å². The summed E-state index contributed by atoms with van der Waals surface area (Å²) in [7, 11) is 1.41. The largest absolute Gasteiger partial charge is 0.419 e. The molecule has 0 spiro atoms. The van der Waals surface area contributed by atoms with Crippen LogP contribution in [0.3, 0.4) is 0 Å². The van der Waals surface area contributed by atoms with E-state index in [9.17, 15) is 27.2 Å². The van der Waals surface area contributed by atoms with Crippen molar-refractivity contribution in [2.45, 2.75) is 6.18 Å². The summed E-state index contributed by atoms with van der Waals surface area (Å²) in [6, 6.07) is 10.8. The number of amides is 1. The van der Waals surface area contributed by atoms with Gasteiger partial charge in [0.1, 0.15) is 11.6 Å². The average molecular weight is 432 g/mol. The molecule has 0 saturated carbocycles. The molecule has 31 heavy (non-hydrogen) atoms. The predicted octanol–water partition coefficient (Wildman–Crippen LogP) is 4.90. The van der Waals surface area contributed by atoms with Gasteiger partial charge >= 0.3 is 6.18 Å². The van der Waals surface area contributed by atoms with Crippen LogP contribution in [0.25, 0.3) is 0 Å². The molecule has 0 radical (unpaired) electrons. The molecule has 160 valence electrons. The third kappa shape index (κ3) is 4.97. The van der Waals surface area contributed by atoms with E-state index < -0.39 is 23.5 Å². The summed E-state index contributed by atoms with van der Waals surface area (Å²) in [5, 5.41) is 7.76. The molecule has 0 fully saturated rings. The maximum absolute atomic E-state index is 13.8. The second-order valence-electron chi connectivity index (χ2n) is 6.34. The number of aromatic nitrogens is 1. The van der Waals surface area contributed by atoms with Gasteiger partial charge in [0.2, 0.25) is 0 Å². The molecule has 0 atom stereocenters. The molecule has 1 aromatic heterocycles. The Balaban J connectivity index is 2.00. The highest BCUT2D eigenvalue weighted by Gasteiger charge is 2.34. The number of alkyl halides is 3. The van der Waals surface area contributed by atoms with Crippen molar-refractivity contribution in [2.24, 2.45) is 0 Å². The number of nitrogens with zero attached hydrogens (tertiary/aromatic N) is 1. The smallest absolute Gasteiger partial charge is 0.355 e. The zero-order chi connectivity index (χ0) is 22.6. The average Bonchev–Trinajstić information content (AvgIpc) is 2.73. The van der Waals surface area contributed by atoms with Gasteiger partial charge in [-0.25, -0.2) is 9.37 Å². The highest BCUT2D eigenvalue weighted by molar-refractivity contribution is 6.00. The lowest BCUT2D eigenvalue weighted by Crippen LogP contribution is -2.19. The quantitative estimate of drug-likeness (QED) is 0.381. The van der Waals surface area contributed by atoms with Crippen molar-refractivity contribution >= 4 is 35.1 Å². The molecular formula is C21H16F4N4O2. The van der Waals surface area contributed by atoms with Gasteiger partial charge in [-0.2, -0.15) is 13.2 Å². The van der Waals surface area contributed by atoms with Gasteiger partial charge < -0.3 is 16.0 Å². The lowest BCUT2D eigenvalue weighted by molar-refractivity contribution is -0.137. The second kappa shape index (κ2) is 8.82. The first-order valence-corrected chi connectivity index (χ1v) is 8.90. The first-order valence-electron chi connectivity index (χ1n) is 8.90. The Morgan fingerprint density at radius 1 is 1.03 bits per heavy atom. The highest BCUT2D eigenvalue weighted by atomic mass is 19.4. The second-order valence-corrected chi connectivity index (χ2v) is 6.34. The zero-order valence-corrected chi connectivity index (χ0v) is 16.0. The molecule has 0 aliphatic rings. The van der Waals surface area contributed by atoms with E-state index in [1.807, 2.05) is 0 Å². The molecule has 10 heteroatoms. The maximum atomic E-state index is 13.8. The highest BCUT2D eigenvalue weighted by Crippen LogP contribution is 2.37. The number of anilines is 4. The van der Waals surface area contributed by atoms with Gasteiger partial charge in [-0.1, -0.05) is 12.1 Å². The molecular weight excluding hydrogens is 416 g/mol. The van der Waals surface area contributed by atoms with Crippen molar-refractivity contribution < 1.29 is 27.2 Å². The number of carbonyl (C=O) groups is 2. The molecule has 1 amide bonds. The van der Waals surface area contributed by atoms with Gasteiger partial charge in [-0.05, 0) is 30.3 Å². The third-order valence-corrected chi connectivity index (χ3v) is 4.28. The molecule has 1 heterocycles. The Labute approximate surface area is 174 Å². The number of rotatable bonds is 6. The summed E-state index contributed by atoms with van der Waals surface area (Å²) < 4.78 is 54.3. The fourth-order valence-corrected chi connectivity index (χ4v) is 2.77. The lowest BCUT2D eigenvalue weighted by Gasteiger charge is -2.17. The summed E-state index contributed by atoms with van der Waals surface area (Å²) >= 11 is 0. The normalized spacial score (nSPS) is 11.0. The van der Waals surface area contributed by atoms with E-state index in [1.165, 1.54) is 31.3 Å². The van der Waals surface area contributed by atoms with Gasteiger partial charge in [-0.15, -0.1) is 0 Å². The van der Waals surface area contributed by atoms with E-state index in [2.05, 4.69) is 20.9 Å². The van der Waals surface area contributed by atoms with Crippen molar-refractivity contribution in [3.05, 3.63) is 77.2 Å². The van der Waals surface area contributed by atoms with Gasteiger partial charge in [0.05, 0.1) is 28.1 Å². The van der Waals surface area contributed by atoms with Crippen LogP contribution in [-0.4, -0.2) is 24.2 Å². The van der Waals surface area contributed by atoms with Gasteiger partial charge in [0.25, 0.3) is 5.91 Å². The standard InChI is InChI=1S/C21H16F4N4O2/c1-26-20(31)14-4-2-3-5-17(14)29-18-9-19(27-10-15(18)21(23,24)25)28-13-7-6-12(11-30)16(22)8-13/h2-11H,1H3,(H,26,31)(H2,27,28,29). The maximum Gasteiger partial charge on any atom is 0.419 e. The van der Waals surface area contributed by atoms with Crippen molar-refractivity contribution in [3.63, 3.8) is 0 Å². The number of halogens is 4. The van der Waals surface area contributed by atoms with Gasteiger partial charge in [0.15, 0.2) is 6.29 Å². The molecule has 3 rings (SSSR count). The van der Waals surface area contributed by atoms with Crippen molar-refractivity contribution in [1.82, 2.24) is 10.3 Å². The summed E-state index contributed by atoms with van der Waals surface area (Å²) in [4.78, 5) is 26.5. The lowest BCUT2D eigenvalue weighted by atomic mass is 10.1. The van der Waals surface area contributed by atoms with Gasteiger partial charge in [0, 0.05) is 25.0 Å². The van der Waals surface area contributed by atoms with Crippen molar-refractivity contribution in [2.75, 3.05) is 17.7 Å². The van der Waals surface area contributed by atoms with Crippen LogP contribution in [0.15, 0.2) is 54.7 Å². The molecule has 0 unspecified atom stereocenters. The fourth-order valence-electron chi connectivity index (χ4n) is 2.77. The molecule has 0 aliphatic heterocycles. The van der Waals surface area contributed by atoms with E-state index in [0.29, 0.717) is 12.5 Å². The molecule has 3 N–H and O–H groups in total. The first-order chi connectivity index (χ1) is 14.7. The van der Waals surface area contributed by atoms with Crippen LogP contribution in [-0.2, 0) is 6.18 Å². The van der Waals surface area contributed by atoms with Gasteiger partial charge in [-0.3, -0.25) is 9.59 Å². The molecule has 3 aromatic rings. The molecule has 0 bridgehead atoms. The topological polar surface area (TPSA) is 83.1 Å². The minimum atomic E-state index is -4.71. The number of nitrogens with one attached hydrogen (secondary N) is 3. The fraction of sp³-hybridized carbons (Fsp3) is 0.0952. The number of benzene rings is 2. The van der Waals surface area contributed by atoms with E-state index >= 15 is 0 Å². The number of hydrogen-bond donors (Lipinski definition) is 3. The number of pyridine rings is 1. The Morgan fingerprint density at radius 3 is 2.42 bits per heavy atom. The Morgan fingerprint density at radius 2 is 1.77 bits per heavy atom. The van der Waals surface area contributed by atoms with Crippen LogP contribution >= 0.6 is 0 Å². The van der Waals surface area contributed by atoms with E-state index in [1.54, 1.807) is 12.1 Å². The van der Waals surface area contributed by atoms with E-state index in [0.717, 1.165) is 12.1 Å². The molecule has 2 aromatic carbocycles. The number of hydrogen-bond acceptors (Lipinski definition) is 5. The van der Waals surface area contributed by atoms with Crippen molar-refractivity contribution in [1.29, 1.82) is 0 Å². The number of aldehydes is 1. The van der Waals surface area contributed by atoms with E-state index in [4.69, 9.17) is 0 Å². The first kappa shape index (κ1) is 21.8. The molecule has 0 aliphatic carbocycles. The summed E-state index contributed by atoms with van der Waals surface area (Å²) in [5.41, 5.74) is -1.06. The Kier molecular flexibility index (Phi) is 6.19. The predicted molar refractivity (Wildman–Crippen MR) is 107 cm³/mol. The Bertz CT molecular complexity index is 1130. The minimum Gasteiger partial charge on any atom is -0.355 e. The monoisotopic (exact) mass is 432 g/mol.